The summed E-state index contributed by atoms with van der Waals surface area (Å²) in [6.07, 6.45) is 0. The van der Waals surface area contributed by atoms with Crippen LogP contribution in [-0.4, -0.2) is 31.1 Å². The fourth-order valence-corrected chi connectivity index (χ4v) is 2.48. The van der Waals surface area contributed by atoms with Gasteiger partial charge in [0.15, 0.2) is 0 Å². The molecule has 2 rings (SSSR count). The lowest BCUT2D eigenvalue weighted by Crippen LogP contribution is -2.44. The van der Waals surface area contributed by atoms with E-state index in [-0.39, 0.29) is 11.9 Å². The molecule has 1 saturated heterocycles. The Labute approximate surface area is 104 Å². The van der Waals surface area contributed by atoms with Crippen molar-refractivity contribution >= 4 is 15.9 Å². The number of nitrogens with zero attached hydrogens (tertiary/aromatic N) is 1. The van der Waals surface area contributed by atoms with Crippen LogP contribution < -0.4 is 5.32 Å². The average Bonchev–Trinajstić information content (AvgIpc) is 2.32. The summed E-state index contributed by atoms with van der Waals surface area (Å²) < 4.78 is 14.6. The highest BCUT2D eigenvalue weighted by atomic mass is 79.9. The van der Waals surface area contributed by atoms with Gasteiger partial charge in [0.25, 0.3) is 0 Å². The van der Waals surface area contributed by atoms with Gasteiger partial charge in [-0.2, -0.15) is 0 Å². The third kappa shape index (κ3) is 2.62. The van der Waals surface area contributed by atoms with Crippen LogP contribution in [0, 0.1) is 5.82 Å². The summed E-state index contributed by atoms with van der Waals surface area (Å²) >= 11 is 3.39. The quantitative estimate of drug-likeness (QED) is 0.899. The summed E-state index contributed by atoms with van der Waals surface area (Å²) in [7, 11) is 0. The standard InChI is InChI=1S/C12H16BrFN2/c1-9(16-6-4-15-5-7-16)11-8-10(13)2-3-12(11)14/h2-3,8-9,15H,4-7H2,1H3/t9-/m0/s1. The number of rotatable bonds is 2. The Balaban J connectivity index is 2.18. The number of hydrogen-bond donors (Lipinski definition) is 1. The van der Waals surface area contributed by atoms with Crippen molar-refractivity contribution < 1.29 is 4.39 Å². The molecule has 0 amide bonds. The van der Waals surface area contributed by atoms with Gasteiger partial charge < -0.3 is 5.32 Å². The van der Waals surface area contributed by atoms with Crippen LogP contribution >= 0.6 is 15.9 Å². The van der Waals surface area contributed by atoms with Crippen molar-refractivity contribution in [3.8, 4) is 0 Å². The van der Waals surface area contributed by atoms with Crippen molar-refractivity contribution in [2.75, 3.05) is 26.2 Å². The molecule has 16 heavy (non-hydrogen) atoms. The summed E-state index contributed by atoms with van der Waals surface area (Å²) in [5.41, 5.74) is 0.774. The first-order valence-corrected chi connectivity index (χ1v) is 6.37. The predicted molar refractivity (Wildman–Crippen MR) is 67.0 cm³/mol. The van der Waals surface area contributed by atoms with E-state index in [9.17, 15) is 4.39 Å². The minimum Gasteiger partial charge on any atom is -0.314 e. The molecule has 0 bridgehead atoms. The molecule has 2 nitrogen and oxygen atoms in total. The third-order valence-corrected chi connectivity index (χ3v) is 3.60. The molecule has 1 aromatic carbocycles. The molecule has 1 aliphatic heterocycles. The summed E-state index contributed by atoms with van der Waals surface area (Å²) in [5.74, 6) is -0.116. The summed E-state index contributed by atoms with van der Waals surface area (Å²) in [4.78, 5) is 2.31. The van der Waals surface area contributed by atoms with Crippen LogP contribution in [0.2, 0.25) is 0 Å². The Kier molecular flexibility index (Phi) is 3.95. The van der Waals surface area contributed by atoms with E-state index < -0.39 is 0 Å². The van der Waals surface area contributed by atoms with Crippen molar-refractivity contribution in [2.24, 2.45) is 0 Å². The summed E-state index contributed by atoms with van der Waals surface area (Å²) in [6, 6.07) is 5.28. The van der Waals surface area contributed by atoms with Crippen LogP contribution in [0.5, 0.6) is 0 Å². The van der Waals surface area contributed by atoms with E-state index in [0.717, 1.165) is 36.2 Å². The minimum atomic E-state index is -0.116. The first-order chi connectivity index (χ1) is 7.68. The van der Waals surface area contributed by atoms with Gasteiger partial charge in [-0.25, -0.2) is 4.39 Å². The van der Waals surface area contributed by atoms with Crippen LogP contribution in [0.3, 0.4) is 0 Å². The molecule has 1 heterocycles. The normalized spacial score (nSPS) is 19.7. The highest BCUT2D eigenvalue weighted by Gasteiger charge is 2.20. The zero-order valence-corrected chi connectivity index (χ0v) is 10.9. The lowest BCUT2D eigenvalue weighted by molar-refractivity contribution is 0.182. The van der Waals surface area contributed by atoms with Crippen LogP contribution in [0.25, 0.3) is 0 Å². The molecule has 4 heteroatoms. The molecule has 0 spiro atoms. The van der Waals surface area contributed by atoms with Crippen molar-refractivity contribution in [3.63, 3.8) is 0 Å². The SMILES string of the molecule is C[C@@H](c1cc(Br)ccc1F)N1CCNCC1. The van der Waals surface area contributed by atoms with Gasteiger partial charge in [-0.15, -0.1) is 0 Å². The molecule has 0 radical (unpaired) electrons. The Morgan fingerprint density at radius 3 is 2.75 bits per heavy atom. The molecule has 0 aromatic heterocycles. The number of nitrogens with one attached hydrogen (secondary N) is 1. The third-order valence-electron chi connectivity index (χ3n) is 3.11. The lowest BCUT2D eigenvalue weighted by atomic mass is 10.1. The maximum absolute atomic E-state index is 13.7. The Bertz CT molecular complexity index is 364. The highest BCUT2D eigenvalue weighted by molar-refractivity contribution is 9.10. The zero-order valence-electron chi connectivity index (χ0n) is 9.34. The maximum atomic E-state index is 13.7. The van der Waals surface area contributed by atoms with E-state index >= 15 is 0 Å². The van der Waals surface area contributed by atoms with Gasteiger partial charge in [-0.3, -0.25) is 4.90 Å². The van der Waals surface area contributed by atoms with Gasteiger partial charge >= 0.3 is 0 Å². The number of hydrogen-bond acceptors (Lipinski definition) is 2. The van der Waals surface area contributed by atoms with Crippen molar-refractivity contribution in [3.05, 3.63) is 34.1 Å². The number of halogens is 2. The Hall–Kier alpha value is -0.450. The minimum absolute atomic E-state index is 0.116. The van der Waals surface area contributed by atoms with Gasteiger partial charge in [0.05, 0.1) is 0 Å². The molecule has 1 fully saturated rings. The van der Waals surface area contributed by atoms with Gasteiger partial charge in [-0.1, -0.05) is 15.9 Å². The highest BCUT2D eigenvalue weighted by Crippen LogP contribution is 2.26. The van der Waals surface area contributed by atoms with Crippen LogP contribution in [0.4, 0.5) is 4.39 Å². The zero-order chi connectivity index (χ0) is 11.5. The van der Waals surface area contributed by atoms with Gasteiger partial charge in [0.1, 0.15) is 5.82 Å². The molecule has 1 atom stereocenters. The summed E-state index contributed by atoms with van der Waals surface area (Å²) in [5, 5.41) is 3.30. The molecule has 1 N–H and O–H groups in total. The molecule has 1 aliphatic rings. The molecular weight excluding hydrogens is 271 g/mol. The fourth-order valence-electron chi connectivity index (χ4n) is 2.10. The first kappa shape index (κ1) is 12.0. The van der Waals surface area contributed by atoms with E-state index in [2.05, 4.69) is 33.1 Å². The molecule has 0 unspecified atom stereocenters. The van der Waals surface area contributed by atoms with Crippen LogP contribution in [-0.2, 0) is 0 Å². The van der Waals surface area contributed by atoms with Gasteiger partial charge in [-0.05, 0) is 25.1 Å². The average molecular weight is 287 g/mol. The van der Waals surface area contributed by atoms with E-state index in [1.54, 1.807) is 6.07 Å². The van der Waals surface area contributed by atoms with Gasteiger partial charge in [0, 0.05) is 42.3 Å². The first-order valence-electron chi connectivity index (χ1n) is 5.58. The number of piperazine rings is 1. The van der Waals surface area contributed by atoms with Crippen LogP contribution in [0.15, 0.2) is 22.7 Å². The molecule has 1 aromatic rings. The second-order valence-electron chi connectivity index (χ2n) is 4.13. The molecule has 0 aliphatic carbocycles. The molecule has 0 saturated carbocycles. The second-order valence-corrected chi connectivity index (χ2v) is 5.04. The number of benzene rings is 1. The van der Waals surface area contributed by atoms with E-state index in [4.69, 9.17) is 0 Å². The predicted octanol–water partition coefficient (Wildman–Crippen LogP) is 2.55. The maximum Gasteiger partial charge on any atom is 0.128 e. The largest absolute Gasteiger partial charge is 0.314 e. The smallest absolute Gasteiger partial charge is 0.128 e. The van der Waals surface area contributed by atoms with E-state index in [0.29, 0.717) is 0 Å². The van der Waals surface area contributed by atoms with Gasteiger partial charge in [0.2, 0.25) is 0 Å². The summed E-state index contributed by atoms with van der Waals surface area (Å²) in [6.45, 7) is 6.00. The topological polar surface area (TPSA) is 15.3 Å². The molecule has 88 valence electrons. The fraction of sp³-hybridized carbons (Fsp3) is 0.500. The van der Waals surface area contributed by atoms with Crippen molar-refractivity contribution in [1.82, 2.24) is 10.2 Å². The monoisotopic (exact) mass is 286 g/mol. The van der Waals surface area contributed by atoms with E-state index in [1.165, 1.54) is 6.07 Å². The Morgan fingerprint density at radius 1 is 1.38 bits per heavy atom. The van der Waals surface area contributed by atoms with Crippen LogP contribution in [0.1, 0.15) is 18.5 Å². The Morgan fingerprint density at radius 2 is 2.06 bits per heavy atom. The van der Waals surface area contributed by atoms with Crippen molar-refractivity contribution in [1.29, 1.82) is 0 Å². The van der Waals surface area contributed by atoms with Crippen molar-refractivity contribution in [2.45, 2.75) is 13.0 Å². The molecular formula is C12H16BrFN2. The van der Waals surface area contributed by atoms with E-state index in [1.807, 2.05) is 6.07 Å². The lowest BCUT2D eigenvalue weighted by Gasteiger charge is -2.33. The second kappa shape index (κ2) is 5.25.